The zero-order valence-electron chi connectivity index (χ0n) is 7.07. The molecule has 0 aromatic carbocycles. The van der Waals surface area contributed by atoms with E-state index in [1.54, 1.807) is 6.92 Å². The number of aliphatic carboxylic acids is 1. The largest absolute Gasteiger partial charge is 1.00 e. The fraction of sp³-hybridized carbons (Fsp3) is 0.500. The molecule has 0 heterocycles. The monoisotopic (exact) mass is 199 g/mol. The first-order valence-electron chi connectivity index (χ1n) is 3.10. The Morgan fingerprint density at radius 2 is 2.17 bits per heavy atom. The van der Waals surface area contributed by atoms with Crippen molar-refractivity contribution >= 4 is 5.97 Å². The first-order chi connectivity index (χ1) is 5.09. The van der Waals surface area contributed by atoms with Crippen LogP contribution < -0.4 is 61.8 Å². The van der Waals surface area contributed by atoms with E-state index in [1.807, 2.05) is 0 Å². The van der Waals surface area contributed by atoms with Gasteiger partial charge in [0.15, 0.2) is 6.29 Å². The molecule has 0 bridgehead atoms. The van der Waals surface area contributed by atoms with Crippen LogP contribution in [0.4, 0.5) is 0 Å². The molecule has 0 spiro atoms. The maximum absolute atomic E-state index is 10.1. The molecule has 64 valence electrons. The second-order valence-electron chi connectivity index (χ2n) is 1.82. The first kappa shape index (κ1) is 15.1. The number of rotatable bonds is 4. The quantitative estimate of drug-likeness (QED) is 0.239. The SMILES string of the molecule is CCNC=C(C(=O)[O-])C(O)O.[K+]. The number of carboxylic acids is 1. The Balaban J connectivity index is 0. The van der Waals surface area contributed by atoms with Crippen LogP contribution in [0.2, 0.25) is 0 Å². The minimum atomic E-state index is -2.00. The van der Waals surface area contributed by atoms with Crippen LogP contribution in [0.1, 0.15) is 6.92 Å². The zero-order chi connectivity index (χ0) is 8.85. The van der Waals surface area contributed by atoms with E-state index in [0.717, 1.165) is 6.20 Å². The van der Waals surface area contributed by atoms with Gasteiger partial charge in [-0.3, -0.25) is 0 Å². The molecule has 0 aliphatic rings. The van der Waals surface area contributed by atoms with Crippen LogP contribution in [0.3, 0.4) is 0 Å². The van der Waals surface area contributed by atoms with E-state index >= 15 is 0 Å². The fourth-order valence-electron chi connectivity index (χ4n) is 0.451. The van der Waals surface area contributed by atoms with Crippen molar-refractivity contribution in [3.8, 4) is 0 Å². The second-order valence-corrected chi connectivity index (χ2v) is 1.82. The average Bonchev–Trinajstić information content (AvgIpc) is 1.87. The van der Waals surface area contributed by atoms with Crippen LogP contribution >= 0.6 is 0 Å². The van der Waals surface area contributed by atoms with Gasteiger partial charge in [-0.25, -0.2) is 0 Å². The maximum Gasteiger partial charge on any atom is 1.00 e. The molecule has 0 aromatic rings. The van der Waals surface area contributed by atoms with E-state index in [4.69, 9.17) is 10.2 Å². The van der Waals surface area contributed by atoms with Crippen LogP contribution in [0.25, 0.3) is 0 Å². The van der Waals surface area contributed by atoms with Crippen molar-refractivity contribution in [2.45, 2.75) is 13.2 Å². The smallest absolute Gasteiger partial charge is 0.545 e. The molecular weight excluding hydrogens is 189 g/mol. The van der Waals surface area contributed by atoms with Crippen molar-refractivity contribution in [3.05, 3.63) is 11.8 Å². The summed E-state index contributed by atoms with van der Waals surface area (Å²) in [5.41, 5.74) is -0.577. The molecule has 0 unspecified atom stereocenters. The standard InChI is InChI=1S/C6H11NO4.K/c1-2-7-3-4(5(8)9)6(10)11;/h3,5,7-9H,2H2,1H3,(H,10,11);/q;+1/p-1. The predicted octanol–water partition coefficient (Wildman–Crippen LogP) is -5.46. The molecule has 6 heteroatoms. The van der Waals surface area contributed by atoms with E-state index in [-0.39, 0.29) is 51.4 Å². The molecule has 0 aliphatic carbocycles. The number of carboxylic acid groups (broad SMARTS) is 1. The summed E-state index contributed by atoms with van der Waals surface area (Å²) >= 11 is 0. The number of aliphatic hydroxyl groups excluding tert-OH is 1. The maximum atomic E-state index is 10.1. The molecule has 12 heavy (non-hydrogen) atoms. The van der Waals surface area contributed by atoms with Crippen molar-refractivity contribution < 1.29 is 71.5 Å². The first-order valence-corrected chi connectivity index (χ1v) is 3.10. The van der Waals surface area contributed by atoms with Crippen molar-refractivity contribution in [3.63, 3.8) is 0 Å². The molecule has 0 saturated carbocycles. The van der Waals surface area contributed by atoms with Gasteiger partial charge in [-0.2, -0.15) is 0 Å². The second kappa shape index (κ2) is 8.18. The van der Waals surface area contributed by atoms with Crippen LogP contribution in [0, 0.1) is 0 Å². The van der Waals surface area contributed by atoms with E-state index in [0.29, 0.717) is 6.54 Å². The summed E-state index contributed by atoms with van der Waals surface area (Å²) in [6, 6.07) is 0. The van der Waals surface area contributed by atoms with Crippen molar-refractivity contribution in [2.24, 2.45) is 0 Å². The van der Waals surface area contributed by atoms with Crippen LogP contribution in [-0.4, -0.2) is 29.0 Å². The zero-order valence-corrected chi connectivity index (χ0v) is 10.2. The van der Waals surface area contributed by atoms with Crippen molar-refractivity contribution in [2.75, 3.05) is 6.54 Å². The summed E-state index contributed by atoms with van der Waals surface area (Å²) in [5, 5.41) is 29.5. The van der Waals surface area contributed by atoms with Crippen LogP contribution in [-0.2, 0) is 4.79 Å². The molecule has 0 radical (unpaired) electrons. The van der Waals surface area contributed by atoms with Crippen molar-refractivity contribution in [1.82, 2.24) is 5.32 Å². The Bertz CT molecular complexity index is 169. The normalized spacial score (nSPS) is 10.8. The van der Waals surface area contributed by atoms with Gasteiger partial charge in [0.05, 0.1) is 5.97 Å². The molecular formula is C6H10KNO4. The van der Waals surface area contributed by atoms with E-state index < -0.39 is 17.8 Å². The summed E-state index contributed by atoms with van der Waals surface area (Å²) in [6.45, 7) is 2.25. The molecule has 3 N–H and O–H groups in total. The summed E-state index contributed by atoms with van der Waals surface area (Å²) in [4.78, 5) is 10.1. The van der Waals surface area contributed by atoms with Gasteiger partial charge in [0.25, 0.3) is 0 Å². The van der Waals surface area contributed by atoms with Gasteiger partial charge in [-0.1, -0.05) is 0 Å². The molecule has 5 nitrogen and oxygen atoms in total. The number of carbonyl (C=O) groups excluding carboxylic acids is 1. The van der Waals surface area contributed by atoms with Gasteiger partial charge >= 0.3 is 51.4 Å². The summed E-state index contributed by atoms with van der Waals surface area (Å²) in [7, 11) is 0. The minimum absolute atomic E-state index is 0. The Morgan fingerprint density at radius 1 is 1.67 bits per heavy atom. The third-order valence-corrected chi connectivity index (χ3v) is 0.976. The molecule has 0 saturated heterocycles. The molecule has 0 atom stereocenters. The number of nitrogens with one attached hydrogen (secondary N) is 1. The Morgan fingerprint density at radius 3 is 2.42 bits per heavy atom. The molecule has 0 amide bonds. The summed E-state index contributed by atoms with van der Waals surface area (Å²) in [5.74, 6) is -1.60. The topological polar surface area (TPSA) is 92.6 Å². The van der Waals surface area contributed by atoms with Gasteiger partial charge in [0, 0.05) is 18.3 Å². The number of aliphatic hydroxyl groups is 2. The number of carbonyl (C=O) groups is 1. The van der Waals surface area contributed by atoms with Crippen LogP contribution in [0.15, 0.2) is 11.8 Å². The molecule has 0 fully saturated rings. The van der Waals surface area contributed by atoms with Gasteiger partial charge in [-0.15, -0.1) is 0 Å². The minimum Gasteiger partial charge on any atom is -0.545 e. The molecule has 0 aliphatic heterocycles. The van der Waals surface area contributed by atoms with E-state index in [1.165, 1.54) is 0 Å². The van der Waals surface area contributed by atoms with Gasteiger partial charge in [0.1, 0.15) is 0 Å². The third-order valence-electron chi connectivity index (χ3n) is 0.976. The Kier molecular flexibility index (Phi) is 10.3. The van der Waals surface area contributed by atoms with E-state index in [9.17, 15) is 9.90 Å². The van der Waals surface area contributed by atoms with Gasteiger partial charge in [0.2, 0.25) is 0 Å². The fourth-order valence-corrected chi connectivity index (χ4v) is 0.451. The van der Waals surface area contributed by atoms with Gasteiger partial charge < -0.3 is 25.4 Å². The molecule has 0 aromatic heterocycles. The third kappa shape index (κ3) is 6.12. The number of hydrogen-bond acceptors (Lipinski definition) is 5. The Hall–Kier alpha value is 0.566. The predicted molar refractivity (Wildman–Crippen MR) is 35.0 cm³/mol. The van der Waals surface area contributed by atoms with Crippen molar-refractivity contribution in [1.29, 1.82) is 0 Å². The average molecular weight is 199 g/mol. The van der Waals surface area contributed by atoms with Crippen LogP contribution in [0.5, 0.6) is 0 Å². The number of hydrogen-bond donors (Lipinski definition) is 3. The Labute approximate surface area is 113 Å². The van der Waals surface area contributed by atoms with Gasteiger partial charge in [-0.05, 0) is 6.92 Å². The molecule has 0 rings (SSSR count). The van der Waals surface area contributed by atoms with E-state index in [2.05, 4.69) is 5.32 Å². The summed E-state index contributed by atoms with van der Waals surface area (Å²) in [6.07, 6.45) is -1.00. The summed E-state index contributed by atoms with van der Waals surface area (Å²) < 4.78 is 0.